The van der Waals surface area contributed by atoms with Gasteiger partial charge in [-0.2, -0.15) is 0 Å². The van der Waals surface area contributed by atoms with Crippen LogP contribution in [0, 0.1) is 0 Å². The van der Waals surface area contributed by atoms with E-state index in [1.807, 2.05) is 0 Å². The molecule has 0 spiro atoms. The quantitative estimate of drug-likeness (QED) is 0.558. The molecular weight excluding hydrogens is 170 g/mol. The molecule has 0 aliphatic carbocycles. The first-order chi connectivity index (χ1) is 5.06. The van der Waals surface area contributed by atoms with Gasteiger partial charge in [-0.3, -0.25) is 0 Å². The van der Waals surface area contributed by atoms with Crippen molar-refractivity contribution in [1.29, 1.82) is 0 Å². The lowest BCUT2D eigenvalue weighted by atomic mass is 10.4. The summed E-state index contributed by atoms with van der Waals surface area (Å²) in [7, 11) is 2.08. The van der Waals surface area contributed by atoms with Crippen LogP contribution in [-0.4, -0.2) is 43.1 Å². The van der Waals surface area contributed by atoms with Crippen molar-refractivity contribution in [2.75, 3.05) is 13.7 Å². The van der Waals surface area contributed by atoms with E-state index in [-0.39, 0.29) is 19.6 Å². The summed E-state index contributed by atoms with van der Waals surface area (Å²) in [6.07, 6.45) is 0. The molecular formula is C7H22NOSi2+. The summed E-state index contributed by atoms with van der Waals surface area (Å²) in [5.74, 6) is 0. The monoisotopic (exact) mass is 192 g/mol. The molecule has 0 saturated carbocycles. The highest BCUT2D eigenvalue weighted by atomic mass is 28.3. The second kappa shape index (κ2) is 5.08. The molecule has 0 aliphatic heterocycles. The second-order valence-corrected chi connectivity index (χ2v) is 8.59. The van der Waals surface area contributed by atoms with Crippen molar-refractivity contribution < 1.29 is 8.24 Å². The molecule has 4 heteroatoms. The molecule has 0 radical (unpaired) electrons. The van der Waals surface area contributed by atoms with E-state index in [1.165, 1.54) is 3.81 Å². The minimum atomic E-state index is -0.319. The van der Waals surface area contributed by atoms with E-state index in [0.29, 0.717) is 0 Å². The van der Waals surface area contributed by atoms with Crippen LogP contribution in [0.4, 0.5) is 0 Å². The van der Waals surface area contributed by atoms with E-state index in [0.717, 1.165) is 12.6 Å². The zero-order valence-corrected chi connectivity index (χ0v) is 11.4. The third-order valence-corrected chi connectivity index (χ3v) is 8.53. The molecule has 1 unspecified atom stereocenters. The molecule has 0 heterocycles. The molecule has 0 amide bonds. The van der Waals surface area contributed by atoms with E-state index in [4.69, 9.17) is 4.43 Å². The first kappa shape index (κ1) is 11.4. The van der Waals surface area contributed by atoms with Crippen LogP contribution in [0.1, 0.15) is 20.8 Å². The molecule has 11 heavy (non-hydrogen) atoms. The highest BCUT2D eigenvalue weighted by Crippen LogP contribution is 2.05. The van der Waals surface area contributed by atoms with Crippen molar-refractivity contribution in [3.05, 3.63) is 0 Å². The predicted octanol–water partition coefficient (Wildman–Crippen LogP) is 0.00860. The average Bonchev–Trinajstić information content (AvgIpc) is 2.00. The number of nitrogens with zero attached hydrogens (tertiary/aromatic N) is 1. The van der Waals surface area contributed by atoms with Gasteiger partial charge in [0, 0.05) is 13.7 Å². The van der Waals surface area contributed by atoms with Crippen molar-refractivity contribution in [3.8, 4) is 0 Å². The molecule has 68 valence electrons. The van der Waals surface area contributed by atoms with Gasteiger partial charge in [-0.25, -0.2) is 0 Å². The van der Waals surface area contributed by atoms with Crippen LogP contribution in [0.5, 0.6) is 0 Å². The highest BCUT2D eigenvalue weighted by molar-refractivity contribution is 6.36. The molecule has 0 bridgehead atoms. The predicted molar refractivity (Wildman–Crippen MR) is 55.9 cm³/mol. The van der Waals surface area contributed by atoms with E-state index in [9.17, 15) is 0 Å². The molecule has 1 atom stereocenters. The molecule has 0 aromatic rings. The van der Waals surface area contributed by atoms with E-state index in [1.54, 1.807) is 0 Å². The largest absolute Gasteiger partial charge is 0.433 e. The van der Waals surface area contributed by atoms with Crippen molar-refractivity contribution in [3.63, 3.8) is 0 Å². The van der Waals surface area contributed by atoms with Crippen LogP contribution < -0.4 is 0 Å². The lowest BCUT2D eigenvalue weighted by Crippen LogP contribution is -2.55. The Hall–Kier alpha value is 0.354. The molecule has 0 saturated heterocycles. The Morgan fingerprint density at radius 2 is 2.00 bits per heavy atom. The summed E-state index contributed by atoms with van der Waals surface area (Å²) in [6, 6.07) is 0.768. The number of rotatable bonds is 5. The summed E-state index contributed by atoms with van der Waals surface area (Å²) in [5.41, 5.74) is 0. The van der Waals surface area contributed by atoms with Crippen molar-refractivity contribution in [2.24, 2.45) is 0 Å². The molecule has 0 aromatic heterocycles. The maximum Gasteiger partial charge on any atom is 0.388 e. The molecule has 0 rings (SSSR count). The lowest BCUT2D eigenvalue weighted by molar-refractivity contribution is -0.715. The fourth-order valence-electron chi connectivity index (χ4n) is 0.905. The van der Waals surface area contributed by atoms with Gasteiger partial charge in [0.05, 0.1) is 6.04 Å². The Morgan fingerprint density at radius 3 is 2.27 bits per heavy atom. The molecule has 0 aliphatic rings. The van der Waals surface area contributed by atoms with Crippen LogP contribution in [0.2, 0.25) is 6.55 Å². The van der Waals surface area contributed by atoms with Crippen molar-refractivity contribution >= 4 is 19.6 Å². The molecule has 0 aromatic carbocycles. The zero-order valence-electron chi connectivity index (χ0n) is 8.55. The summed E-state index contributed by atoms with van der Waals surface area (Å²) in [4.78, 5) is 0. The number of hydrogen-bond donors (Lipinski definition) is 0. The van der Waals surface area contributed by atoms with E-state index in [2.05, 4.69) is 34.4 Å². The summed E-state index contributed by atoms with van der Waals surface area (Å²) in [5, 5.41) is 0. The zero-order chi connectivity index (χ0) is 8.91. The van der Waals surface area contributed by atoms with E-state index < -0.39 is 0 Å². The van der Waals surface area contributed by atoms with Gasteiger partial charge in [-0.15, -0.1) is 0 Å². The van der Waals surface area contributed by atoms with Gasteiger partial charge in [0.1, 0.15) is 0 Å². The smallest absolute Gasteiger partial charge is 0.388 e. The van der Waals surface area contributed by atoms with Crippen LogP contribution >= 0.6 is 0 Å². The normalized spacial score (nSPS) is 19.1. The Kier molecular flexibility index (Phi) is 5.24. The third-order valence-electron chi connectivity index (χ3n) is 2.56. The second-order valence-electron chi connectivity index (χ2n) is 3.51. The molecule has 0 N–H and O–H groups in total. The summed E-state index contributed by atoms with van der Waals surface area (Å²) in [6.45, 7) is 9.99. The molecule has 0 fully saturated rings. The summed E-state index contributed by atoms with van der Waals surface area (Å²) < 4.78 is 6.88. The van der Waals surface area contributed by atoms with Gasteiger partial charge in [-0.1, -0.05) is 0 Å². The minimum Gasteiger partial charge on any atom is -0.433 e. The van der Waals surface area contributed by atoms with Gasteiger partial charge in [0.2, 0.25) is 9.68 Å². The number of hydrogen-bond acceptors (Lipinski definition) is 1. The van der Waals surface area contributed by atoms with Gasteiger partial charge in [0.25, 0.3) is 0 Å². The maximum atomic E-state index is 5.60. The van der Waals surface area contributed by atoms with Gasteiger partial charge >= 0.3 is 9.92 Å². The fraction of sp³-hybridized carbons (Fsp3) is 1.00. The highest BCUT2D eigenvalue weighted by Gasteiger charge is 2.22. The third kappa shape index (κ3) is 3.51. The van der Waals surface area contributed by atoms with Crippen LogP contribution in [0.25, 0.3) is 0 Å². The number of quaternary nitrogens is 1. The Labute approximate surface area is 75.4 Å². The SMILES string of the molecule is CCO[SiH2][N+](C)([SiH2]C)C(C)C. The van der Waals surface area contributed by atoms with Crippen molar-refractivity contribution in [1.82, 2.24) is 0 Å². The average molecular weight is 192 g/mol. The van der Waals surface area contributed by atoms with Gasteiger partial charge < -0.3 is 8.24 Å². The Bertz CT molecular complexity index is 111. The maximum absolute atomic E-state index is 5.60. The van der Waals surface area contributed by atoms with Crippen molar-refractivity contribution in [2.45, 2.75) is 33.4 Å². The van der Waals surface area contributed by atoms with Crippen LogP contribution in [0.3, 0.4) is 0 Å². The summed E-state index contributed by atoms with van der Waals surface area (Å²) >= 11 is 0. The first-order valence-corrected chi connectivity index (χ1v) is 7.74. The van der Waals surface area contributed by atoms with E-state index >= 15 is 0 Å². The first-order valence-electron chi connectivity index (χ1n) is 4.48. The van der Waals surface area contributed by atoms with Gasteiger partial charge in [0.15, 0.2) is 0 Å². The standard InChI is InChI=1S/C7H22NOSi2/c1-6-9-11-8(4,10-5)7(2)3/h7H,6,10-11H2,1-5H3/q+1. The van der Waals surface area contributed by atoms with Crippen LogP contribution in [-0.2, 0) is 4.43 Å². The Balaban J connectivity index is 3.88. The molecule has 2 nitrogen and oxygen atoms in total. The minimum absolute atomic E-state index is 0.0380. The van der Waals surface area contributed by atoms with Gasteiger partial charge in [-0.05, 0) is 27.3 Å². The van der Waals surface area contributed by atoms with Crippen LogP contribution in [0.15, 0.2) is 0 Å². The Morgan fingerprint density at radius 1 is 1.45 bits per heavy atom. The fourth-order valence-corrected chi connectivity index (χ4v) is 3.65. The topological polar surface area (TPSA) is 9.23 Å². The lowest BCUT2D eigenvalue weighted by Gasteiger charge is -2.39.